The van der Waals surface area contributed by atoms with Crippen LogP contribution in [0.4, 0.5) is 5.95 Å². The van der Waals surface area contributed by atoms with Crippen LogP contribution >= 0.6 is 0 Å². The largest absolute Gasteiger partial charge is 0.493 e. The summed E-state index contributed by atoms with van der Waals surface area (Å²) in [5.74, 6) is 1.61. The van der Waals surface area contributed by atoms with Crippen molar-refractivity contribution < 1.29 is 14.3 Å². The molecule has 27 heavy (non-hydrogen) atoms. The number of nitrogen functional groups attached to an aromatic ring is 1. The molecular formula is C19H24N4O4. The molecule has 0 atom stereocenters. The Bertz CT molecular complexity index is 874. The van der Waals surface area contributed by atoms with E-state index in [1.165, 1.54) is 6.07 Å². The fourth-order valence-electron chi connectivity index (χ4n) is 3.28. The van der Waals surface area contributed by atoms with Crippen molar-refractivity contribution in [1.82, 2.24) is 15.3 Å². The van der Waals surface area contributed by atoms with Gasteiger partial charge in [-0.15, -0.1) is 0 Å². The number of H-pyrrole nitrogens is 1. The van der Waals surface area contributed by atoms with Crippen molar-refractivity contribution in [3.63, 3.8) is 0 Å². The third-order valence-corrected chi connectivity index (χ3v) is 4.79. The van der Waals surface area contributed by atoms with Crippen LogP contribution in [-0.2, 0) is 11.2 Å². The highest BCUT2D eigenvalue weighted by Gasteiger charge is 2.32. The molecule has 8 heteroatoms. The maximum absolute atomic E-state index is 12.2. The lowest BCUT2D eigenvalue weighted by molar-refractivity contribution is -0.122. The minimum absolute atomic E-state index is 0.00613. The standard InChI is InChI=1S/C19H24N4O4/c1-26-15-5-3-11(7-16(15)27-2)4-6-17(24)21-13-8-12(9-13)14-10-18(25)23-19(20)22-14/h3,5,7,10,12-13H,4,6,8-9H2,1-2H3,(H,21,24)(H3,20,22,23,25). The number of nitrogens with zero attached hydrogens (tertiary/aromatic N) is 1. The van der Waals surface area contributed by atoms with E-state index in [4.69, 9.17) is 15.2 Å². The normalized spacial score (nSPS) is 18.4. The summed E-state index contributed by atoms with van der Waals surface area (Å²) in [7, 11) is 3.18. The maximum Gasteiger partial charge on any atom is 0.252 e. The van der Waals surface area contributed by atoms with Gasteiger partial charge in [-0.25, -0.2) is 4.98 Å². The molecule has 1 amide bonds. The molecule has 8 nitrogen and oxygen atoms in total. The molecule has 1 aliphatic carbocycles. The molecule has 0 bridgehead atoms. The zero-order chi connectivity index (χ0) is 19.4. The number of aryl methyl sites for hydroxylation is 1. The number of ether oxygens (including phenoxy) is 2. The maximum atomic E-state index is 12.2. The van der Waals surface area contributed by atoms with Gasteiger partial charge in [-0.1, -0.05) is 6.07 Å². The first-order valence-electron chi connectivity index (χ1n) is 8.85. The number of carbonyl (C=O) groups is 1. The van der Waals surface area contributed by atoms with Gasteiger partial charge in [0.25, 0.3) is 5.56 Å². The molecule has 144 valence electrons. The number of aromatic amines is 1. The second kappa shape index (κ2) is 8.11. The summed E-state index contributed by atoms with van der Waals surface area (Å²) in [6, 6.07) is 7.22. The lowest BCUT2D eigenvalue weighted by atomic mass is 9.78. The van der Waals surface area contributed by atoms with Gasteiger partial charge in [0, 0.05) is 24.4 Å². The highest BCUT2D eigenvalue weighted by atomic mass is 16.5. The molecule has 0 radical (unpaired) electrons. The van der Waals surface area contributed by atoms with E-state index >= 15 is 0 Å². The summed E-state index contributed by atoms with van der Waals surface area (Å²) in [4.78, 5) is 30.2. The number of carbonyl (C=O) groups excluding carboxylic acids is 1. The fourth-order valence-corrected chi connectivity index (χ4v) is 3.28. The first kappa shape index (κ1) is 18.8. The Labute approximate surface area is 157 Å². The van der Waals surface area contributed by atoms with Crippen LogP contribution in [0, 0.1) is 0 Å². The van der Waals surface area contributed by atoms with Gasteiger partial charge in [0.2, 0.25) is 11.9 Å². The molecule has 3 rings (SSSR count). The van der Waals surface area contributed by atoms with Crippen LogP contribution in [0.5, 0.6) is 11.5 Å². The number of nitrogens with two attached hydrogens (primary N) is 1. The first-order chi connectivity index (χ1) is 13.0. The molecule has 1 heterocycles. The molecule has 0 saturated heterocycles. The number of benzene rings is 1. The van der Waals surface area contributed by atoms with Crippen molar-refractivity contribution in [2.24, 2.45) is 0 Å². The lowest BCUT2D eigenvalue weighted by Gasteiger charge is -2.35. The highest BCUT2D eigenvalue weighted by Crippen LogP contribution is 2.35. The predicted octanol–water partition coefficient (Wildman–Crippen LogP) is 1.36. The number of hydrogen-bond acceptors (Lipinski definition) is 6. The molecule has 1 saturated carbocycles. The molecule has 0 spiro atoms. The summed E-state index contributed by atoms with van der Waals surface area (Å²) in [5, 5.41) is 3.03. The molecule has 1 fully saturated rings. The Balaban J connectivity index is 1.46. The number of rotatable bonds is 7. The van der Waals surface area contributed by atoms with E-state index in [2.05, 4.69) is 15.3 Å². The Morgan fingerprint density at radius 2 is 2.00 bits per heavy atom. The zero-order valence-corrected chi connectivity index (χ0v) is 15.5. The average molecular weight is 372 g/mol. The van der Waals surface area contributed by atoms with Crippen LogP contribution in [-0.4, -0.2) is 36.1 Å². The minimum Gasteiger partial charge on any atom is -0.493 e. The molecule has 1 aromatic heterocycles. The van der Waals surface area contributed by atoms with E-state index in [1.54, 1.807) is 14.2 Å². The van der Waals surface area contributed by atoms with E-state index in [0.29, 0.717) is 30.0 Å². The van der Waals surface area contributed by atoms with Crippen LogP contribution < -0.4 is 26.1 Å². The van der Waals surface area contributed by atoms with E-state index in [0.717, 1.165) is 18.4 Å². The van der Waals surface area contributed by atoms with Crippen molar-refractivity contribution in [2.75, 3.05) is 20.0 Å². The Morgan fingerprint density at radius 3 is 2.67 bits per heavy atom. The molecular weight excluding hydrogens is 348 g/mol. The van der Waals surface area contributed by atoms with Crippen LogP contribution in [0.3, 0.4) is 0 Å². The second-order valence-corrected chi connectivity index (χ2v) is 6.68. The van der Waals surface area contributed by atoms with E-state index in [9.17, 15) is 9.59 Å². The van der Waals surface area contributed by atoms with Crippen LogP contribution in [0.15, 0.2) is 29.1 Å². The predicted molar refractivity (Wildman–Crippen MR) is 101 cm³/mol. The minimum atomic E-state index is -0.250. The summed E-state index contributed by atoms with van der Waals surface area (Å²) in [6.45, 7) is 0. The summed E-state index contributed by atoms with van der Waals surface area (Å²) in [5.41, 5.74) is 7.02. The SMILES string of the molecule is COc1ccc(CCC(=O)NC2CC(c3cc(=O)[nH]c(N)n3)C2)cc1OC. The smallest absolute Gasteiger partial charge is 0.252 e. The Kier molecular flexibility index (Phi) is 5.63. The first-order valence-corrected chi connectivity index (χ1v) is 8.85. The number of methoxy groups -OCH3 is 2. The molecule has 1 aliphatic rings. The van der Waals surface area contributed by atoms with Crippen molar-refractivity contribution in [3.05, 3.63) is 45.9 Å². The Hall–Kier alpha value is -3.03. The van der Waals surface area contributed by atoms with Gasteiger partial charge >= 0.3 is 0 Å². The van der Waals surface area contributed by atoms with Crippen molar-refractivity contribution in [3.8, 4) is 11.5 Å². The summed E-state index contributed by atoms with van der Waals surface area (Å²) >= 11 is 0. The average Bonchev–Trinajstić information content (AvgIpc) is 2.61. The highest BCUT2D eigenvalue weighted by molar-refractivity contribution is 5.76. The van der Waals surface area contributed by atoms with E-state index in [1.807, 2.05) is 18.2 Å². The van der Waals surface area contributed by atoms with Crippen LogP contribution in [0.2, 0.25) is 0 Å². The fraction of sp³-hybridized carbons (Fsp3) is 0.421. The zero-order valence-electron chi connectivity index (χ0n) is 15.5. The third-order valence-electron chi connectivity index (χ3n) is 4.79. The van der Waals surface area contributed by atoms with Crippen molar-refractivity contribution in [1.29, 1.82) is 0 Å². The third kappa shape index (κ3) is 4.58. The van der Waals surface area contributed by atoms with Crippen LogP contribution in [0.1, 0.15) is 36.4 Å². The monoisotopic (exact) mass is 372 g/mol. The number of hydrogen-bond donors (Lipinski definition) is 3. The molecule has 4 N–H and O–H groups in total. The lowest BCUT2D eigenvalue weighted by Crippen LogP contribution is -2.43. The quantitative estimate of drug-likeness (QED) is 0.675. The number of anilines is 1. The molecule has 1 aromatic carbocycles. The van der Waals surface area contributed by atoms with Gasteiger partial charge in [-0.3, -0.25) is 14.6 Å². The second-order valence-electron chi connectivity index (χ2n) is 6.68. The van der Waals surface area contributed by atoms with Crippen LogP contribution in [0.25, 0.3) is 0 Å². The van der Waals surface area contributed by atoms with E-state index in [-0.39, 0.29) is 29.4 Å². The van der Waals surface area contributed by atoms with Gasteiger partial charge in [0.1, 0.15) is 0 Å². The number of nitrogens with one attached hydrogen (secondary N) is 2. The molecule has 2 aromatic rings. The Morgan fingerprint density at radius 1 is 1.26 bits per heavy atom. The van der Waals surface area contributed by atoms with Gasteiger partial charge in [-0.2, -0.15) is 0 Å². The molecule has 0 aliphatic heterocycles. The number of aromatic nitrogens is 2. The van der Waals surface area contributed by atoms with Gasteiger partial charge < -0.3 is 20.5 Å². The topological polar surface area (TPSA) is 119 Å². The van der Waals surface area contributed by atoms with Crippen molar-refractivity contribution >= 4 is 11.9 Å². The molecule has 0 unspecified atom stereocenters. The number of amides is 1. The van der Waals surface area contributed by atoms with E-state index < -0.39 is 0 Å². The summed E-state index contributed by atoms with van der Waals surface area (Å²) in [6.07, 6.45) is 2.54. The van der Waals surface area contributed by atoms with Gasteiger partial charge in [0.05, 0.1) is 19.9 Å². The van der Waals surface area contributed by atoms with Crippen molar-refractivity contribution in [2.45, 2.75) is 37.6 Å². The summed E-state index contributed by atoms with van der Waals surface area (Å²) < 4.78 is 10.5. The van der Waals surface area contributed by atoms with Gasteiger partial charge in [0.15, 0.2) is 11.5 Å². The van der Waals surface area contributed by atoms with Gasteiger partial charge in [-0.05, 0) is 37.0 Å².